The van der Waals surface area contributed by atoms with Gasteiger partial charge in [-0.25, -0.2) is 5.43 Å². The summed E-state index contributed by atoms with van der Waals surface area (Å²) in [5, 5.41) is 7.03. The molecule has 9 nitrogen and oxygen atoms in total. The Morgan fingerprint density at radius 2 is 1.80 bits per heavy atom. The molecule has 198 valence electrons. The Morgan fingerprint density at radius 1 is 1.11 bits per heavy atom. The molecular formula is C25H41ClN4O5. The quantitative estimate of drug-likeness (QED) is 0.235. The van der Waals surface area contributed by atoms with Crippen LogP contribution in [-0.4, -0.2) is 64.9 Å². The molecule has 0 unspecified atom stereocenters. The first-order valence-electron chi connectivity index (χ1n) is 12.7. The fraction of sp³-hybridized carbons (Fsp3) is 0.760. The molecule has 2 fully saturated rings. The van der Waals surface area contributed by atoms with Crippen LogP contribution in [0.1, 0.15) is 79.1 Å². The number of esters is 1. The summed E-state index contributed by atoms with van der Waals surface area (Å²) in [5.41, 5.74) is 2.93. The molecule has 1 aliphatic carbocycles. The van der Waals surface area contributed by atoms with Crippen molar-refractivity contribution in [1.82, 2.24) is 21.1 Å². The van der Waals surface area contributed by atoms with Crippen molar-refractivity contribution >= 4 is 35.3 Å². The number of ether oxygens (including phenoxy) is 1. The monoisotopic (exact) mass is 512 g/mol. The number of rotatable bonds is 10. The average molecular weight is 513 g/mol. The van der Waals surface area contributed by atoms with Gasteiger partial charge in [0.05, 0.1) is 4.87 Å². The van der Waals surface area contributed by atoms with Gasteiger partial charge in [-0.15, -0.1) is 11.6 Å². The summed E-state index contributed by atoms with van der Waals surface area (Å²) < 4.78 is 5.28. The lowest BCUT2D eigenvalue weighted by Crippen LogP contribution is -2.61. The first kappa shape index (κ1) is 29.1. The van der Waals surface area contributed by atoms with Crippen LogP contribution in [0.3, 0.4) is 0 Å². The minimum absolute atomic E-state index is 0.0408. The molecule has 3 atom stereocenters. The number of hydrogen-bond donors (Lipinski definition) is 3. The van der Waals surface area contributed by atoms with Crippen LogP contribution in [0.15, 0.2) is 12.2 Å². The molecule has 1 saturated carbocycles. The lowest BCUT2D eigenvalue weighted by molar-refractivity contribution is -0.153. The summed E-state index contributed by atoms with van der Waals surface area (Å²) in [6.07, 6.45) is 9.78. The minimum Gasteiger partial charge on any atom is -0.463 e. The third-order valence-electron chi connectivity index (χ3n) is 6.28. The van der Waals surface area contributed by atoms with E-state index in [0.29, 0.717) is 19.4 Å². The number of carbonyl (C=O) groups is 4. The highest BCUT2D eigenvalue weighted by atomic mass is 35.5. The third-order valence-corrected chi connectivity index (χ3v) is 6.39. The number of nitrogens with zero attached hydrogens (tertiary/aromatic N) is 1. The fourth-order valence-corrected chi connectivity index (χ4v) is 4.43. The average Bonchev–Trinajstić information content (AvgIpc) is 2.84. The van der Waals surface area contributed by atoms with Crippen LogP contribution in [-0.2, 0) is 23.9 Å². The largest absolute Gasteiger partial charge is 0.463 e. The van der Waals surface area contributed by atoms with Gasteiger partial charge in [-0.3, -0.25) is 24.2 Å². The molecule has 1 aliphatic heterocycles. The van der Waals surface area contributed by atoms with E-state index >= 15 is 0 Å². The molecule has 3 N–H and O–H groups in total. The maximum atomic E-state index is 13.2. The minimum atomic E-state index is -0.829. The number of halogens is 1. The van der Waals surface area contributed by atoms with Gasteiger partial charge in [0.2, 0.25) is 11.8 Å². The summed E-state index contributed by atoms with van der Waals surface area (Å²) in [6, 6.07) is -2.17. The molecule has 10 heteroatoms. The van der Waals surface area contributed by atoms with Crippen molar-refractivity contribution in [2.75, 3.05) is 13.2 Å². The predicted molar refractivity (Wildman–Crippen MR) is 134 cm³/mol. The third kappa shape index (κ3) is 9.80. The molecule has 0 aromatic carbocycles. The summed E-state index contributed by atoms with van der Waals surface area (Å²) in [4.78, 5) is 50.3. The molecule has 3 amide bonds. The predicted octanol–water partition coefficient (Wildman–Crippen LogP) is 2.58. The molecule has 1 saturated heterocycles. The highest BCUT2D eigenvalue weighted by molar-refractivity contribution is 6.23. The number of alkyl halides is 1. The van der Waals surface area contributed by atoms with E-state index < -0.39 is 29.0 Å². The van der Waals surface area contributed by atoms with Gasteiger partial charge < -0.3 is 15.4 Å². The van der Waals surface area contributed by atoms with Gasteiger partial charge in [0.1, 0.15) is 24.7 Å². The van der Waals surface area contributed by atoms with Crippen molar-refractivity contribution in [3.63, 3.8) is 0 Å². The van der Waals surface area contributed by atoms with E-state index in [4.69, 9.17) is 16.3 Å². The van der Waals surface area contributed by atoms with Gasteiger partial charge in [0, 0.05) is 13.0 Å². The maximum Gasteiger partial charge on any atom is 0.325 e. The van der Waals surface area contributed by atoms with E-state index in [1.165, 1.54) is 5.01 Å². The Kier molecular flexibility index (Phi) is 11.5. The summed E-state index contributed by atoms with van der Waals surface area (Å²) >= 11 is 6.09. The molecule has 0 aromatic rings. The molecule has 2 aliphatic rings. The van der Waals surface area contributed by atoms with Crippen LogP contribution >= 0.6 is 11.6 Å². The number of hydrogen-bond acceptors (Lipinski definition) is 6. The standard InChI is InChI=1S/C25H41ClN4O5/c1-5-6-14-20(31)28-21(18-11-8-7-9-12-18)22(32)27-17(2)23(33)30-15-10-13-19(29-30)24(34)35-16-25(3,4)26/h5-6,17-19,21,29H,7-16H2,1-4H3,(H,27,32)(H,28,31)/b6-5+/t17-,19-,21-/m0/s1. The van der Waals surface area contributed by atoms with Gasteiger partial charge in [0.15, 0.2) is 0 Å². The number of nitrogens with one attached hydrogen (secondary N) is 3. The summed E-state index contributed by atoms with van der Waals surface area (Å²) in [6.45, 7) is 7.42. The van der Waals surface area contributed by atoms with Crippen LogP contribution in [0, 0.1) is 5.92 Å². The van der Waals surface area contributed by atoms with Crippen LogP contribution < -0.4 is 16.1 Å². The second-order valence-corrected chi connectivity index (χ2v) is 11.1. The van der Waals surface area contributed by atoms with Gasteiger partial charge in [-0.05, 0) is 59.3 Å². The number of amides is 3. The van der Waals surface area contributed by atoms with Crippen molar-refractivity contribution in [2.24, 2.45) is 5.92 Å². The van der Waals surface area contributed by atoms with Crippen molar-refractivity contribution in [2.45, 2.75) is 102 Å². The fourth-order valence-electron chi connectivity index (χ4n) is 4.38. The van der Waals surface area contributed by atoms with Gasteiger partial charge >= 0.3 is 5.97 Å². The van der Waals surface area contributed by atoms with Gasteiger partial charge in [0.25, 0.3) is 5.91 Å². The van der Waals surface area contributed by atoms with Crippen molar-refractivity contribution in [3.8, 4) is 0 Å². The molecule has 0 aromatic heterocycles. The SMILES string of the molecule is C/C=C/CC(=O)N[C@H](C(=O)N[C@@H](C)C(=O)N1CCC[C@@H](C(=O)OCC(C)(C)Cl)N1)C1CCCCC1. The Morgan fingerprint density at radius 3 is 2.43 bits per heavy atom. The van der Waals surface area contributed by atoms with Crippen molar-refractivity contribution < 1.29 is 23.9 Å². The van der Waals surface area contributed by atoms with Crippen LogP contribution in [0.5, 0.6) is 0 Å². The van der Waals surface area contributed by atoms with Crippen LogP contribution in [0.25, 0.3) is 0 Å². The Balaban J connectivity index is 1.97. The molecule has 0 radical (unpaired) electrons. The Hall–Kier alpha value is -2.13. The van der Waals surface area contributed by atoms with E-state index in [0.717, 1.165) is 32.1 Å². The molecule has 0 spiro atoms. The number of hydrazine groups is 1. The Bertz CT molecular complexity index is 776. The molecule has 2 rings (SSSR count). The maximum absolute atomic E-state index is 13.2. The topological polar surface area (TPSA) is 117 Å². The highest BCUT2D eigenvalue weighted by Gasteiger charge is 2.35. The summed E-state index contributed by atoms with van der Waals surface area (Å²) in [7, 11) is 0. The molecule has 1 heterocycles. The zero-order valence-electron chi connectivity index (χ0n) is 21.4. The van der Waals surface area contributed by atoms with Crippen LogP contribution in [0.2, 0.25) is 0 Å². The molecule has 0 bridgehead atoms. The highest BCUT2D eigenvalue weighted by Crippen LogP contribution is 2.27. The smallest absolute Gasteiger partial charge is 0.325 e. The first-order valence-corrected chi connectivity index (χ1v) is 13.0. The van der Waals surface area contributed by atoms with Crippen molar-refractivity contribution in [1.29, 1.82) is 0 Å². The van der Waals surface area contributed by atoms with Crippen LogP contribution in [0.4, 0.5) is 0 Å². The van der Waals surface area contributed by atoms with Crippen molar-refractivity contribution in [3.05, 3.63) is 12.2 Å². The zero-order valence-corrected chi connectivity index (χ0v) is 22.2. The normalized spacial score (nSPS) is 21.3. The van der Waals surface area contributed by atoms with E-state index in [1.54, 1.807) is 32.9 Å². The van der Waals surface area contributed by atoms with Gasteiger partial charge in [-0.1, -0.05) is 31.4 Å². The number of carbonyl (C=O) groups excluding carboxylic acids is 4. The molecule has 35 heavy (non-hydrogen) atoms. The molecular weight excluding hydrogens is 472 g/mol. The second-order valence-electron chi connectivity index (χ2n) is 10.1. The zero-order chi connectivity index (χ0) is 26.0. The lowest BCUT2D eigenvalue weighted by atomic mass is 9.83. The number of allylic oxidation sites excluding steroid dienone is 1. The first-order chi connectivity index (χ1) is 16.5. The Labute approximate surface area is 213 Å². The van der Waals surface area contributed by atoms with E-state index in [-0.39, 0.29) is 36.7 Å². The van der Waals surface area contributed by atoms with Gasteiger partial charge in [-0.2, -0.15) is 0 Å². The second kappa shape index (κ2) is 13.8. The van der Waals surface area contributed by atoms with E-state index in [9.17, 15) is 19.2 Å². The van der Waals surface area contributed by atoms with E-state index in [2.05, 4.69) is 16.1 Å². The summed E-state index contributed by atoms with van der Waals surface area (Å²) in [5.74, 6) is -1.35. The van der Waals surface area contributed by atoms with E-state index in [1.807, 2.05) is 6.92 Å². The lowest BCUT2D eigenvalue weighted by Gasteiger charge is -2.35.